The summed E-state index contributed by atoms with van der Waals surface area (Å²) in [6.45, 7) is 4.16. The topological polar surface area (TPSA) is 44.8 Å². The first-order valence-corrected chi connectivity index (χ1v) is 7.47. The van der Waals surface area contributed by atoms with E-state index >= 15 is 0 Å². The van der Waals surface area contributed by atoms with Gasteiger partial charge in [-0.25, -0.2) is 0 Å². The van der Waals surface area contributed by atoms with Crippen LogP contribution >= 0.6 is 0 Å². The third kappa shape index (κ3) is 2.47. The highest BCUT2D eigenvalue weighted by atomic mass is 16.5. The Kier molecular flexibility index (Phi) is 4.76. The van der Waals surface area contributed by atoms with Gasteiger partial charge in [-0.15, -0.1) is 0 Å². The molecule has 4 nitrogen and oxygen atoms in total. The summed E-state index contributed by atoms with van der Waals surface area (Å²) in [5.74, 6) is 2.11. The van der Waals surface area contributed by atoms with E-state index in [2.05, 4.69) is 6.92 Å². The second-order valence-electron chi connectivity index (χ2n) is 5.51. The number of fused-ring (bicyclic) bond motifs is 1. The molecule has 0 amide bonds. The Morgan fingerprint density at radius 1 is 1.10 bits per heavy atom. The predicted molar refractivity (Wildman–Crippen MR) is 81.9 cm³/mol. The summed E-state index contributed by atoms with van der Waals surface area (Å²) >= 11 is 0. The fourth-order valence-corrected chi connectivity index (χ4v) is 3.25. The Morgan fingerprint density at radius 2 is 1.76 bits per heavy atom. The van der Waals surface area contributed by atoms with E-state index in [1.165, 1.54) is 0 Å². The second kappa shape index (κ2) is 6.37. The molecule has 2 atom stereocenters. The van der Waals surface area contributed by atoms with Gasteiger partial charge >= 0.3 is 0 Å². The lowest BCUT2D eigenvalue weighted by Crippen LogP contribution is -2.09. The van der Waals surface area contributed by atoms with Gasteiger partial charge in [-0.2, -0.15) is 0 Å². The number of rotatable bonds is 6. The number of carbonyl (C=O) groups excluding carboxylic acids is 1. The number of ketones is 1. The fourth-order valence-electron chi connectivity index (χ4n) is 3.25. The lowest BCUT2D eigenvalue weighted by Gasteiger charge is -2.20. The Bertz CT molecular complexity index is 536. The monoisotopic (exact) mass is 292 g/mol. The van der Waals surface area contributed by atoms with Crippen molar-refractivity contribution in [1.82, 2.24) is 0 Å². The zero-order chi connectivity index (χ0) is 15.6. The third-order valence-corrected chi connectivity index (χ3v) is 4.39. The molecule has 0 fully saturated rings. The maximum atomic E-state index is 12.6. The van der Waals surface area contributed by atoms with Crippen LogP contribution in [0.1, 0.15) is 54.9 Å². The van der Waals surface area contributed by atoms with Crippen molar-refractivity contribution in [1.29, 1.82) is 0 Å². The molecular weight excluding hydrogens is 268 g/mol. The maximum Gasteiger partial charge on any atom is 0.203 e. The molecule has 0 radical (unpaired) electrons. The molecule has 1 aliphatic carbocycles. The van der Waals surface area contributed by atoms with E-state index in [0.717, 1.165) is 30.4 Å². The van der Waals surface area contributed by atoms with Crippen LogP contribution in [0.3, 0.4) is 0 Å². The van der Waals surface area contributed by atoms with Crippen molar-refractivity contribution in [3.63, 3.8) is 0 Å². The van der Waals surface area contributed by atoms with Crippen molar-refractivity contribution in [3.05, 3.63) is 17.2 Å². The van der Waals surface area contributed by atoms with Crippen molar-refractivity contribution >= 4 is 5.78 Å². The quantitative estimate of drug-likeness (QED) is 0.799. The van der Waals surface area contributed by atoms with E-state index in [0.29, 0.717) is 17.2 Å². The van der Waals surface area contributed by atoms with Gasteiger partial charge in [0.2, 0.25) is 5.75 Å². The molecule has 4 heteroatoms. The Hall–Kier alpha value is -1.71. The maximum absolute atomic E-state index is 12.6. The van der Waals surface area contributed by atoms with Gasteiger partial charge in [-0.1, -0.05) is 26.7 Å². The summed E-state index contributed by atoms with van der Waals surface area (Å²) in [5, 5.41) is 0. The van der Waals surface area contributed by atoms with E-state index in [1.807, 2.05) is 6.92 Å². The number of unbranched alkanes of at least 4 members (excludes halogenated alkanes) is 1. The molecule has 0 N–H and O–H groups in total. The van der Waals surface area contributed by atoms with Gasteiger partial charge in [0.25, 0.3) is 0 Å². The number of methoxy groups -OCH3 is 3. The van der Waals surface area contributed by atoms with Crippen LogP contribution in [0.2, 0.25) is 0 Å². The molecule has 0 aromatic heterocycles. The van der Waals surface area contributed by atoms with Crippen molar-refractivity contribution in [3.8, 4) is 17.2 Å². The molecule has 0 unspecified atom stereocenters. The molecule has 116 valence electrons. The molecule has 2 rings (SSSR count). The standard InChI is InChI=1S/C17H24O4/c1-6-7-8-11-10(2)15(18)12-9-13(19-3)16(20-4)17(21-5)14(11)12/h9-11H,6-8H2,1-5H3/t10-,11-/m0/s1. The lowest BCUT2D eigenvalue weighted by molar-refractivity contribution is 0.0931. The molecular formula is C17H24O4. The SMILES string of the molecule is CCCC[C@@H]1c2c(cc(OC)c(OC)c2OC)C(=O)[C@H]1C. The van der Waals surface area contributed by atoms with E-state index in [4.69, 9.17) is 14.2 Å². The first-order chi connectivity index (χ1) is 10.1. The summed E-state index contributed by atoms with van der Waals surface area (Å²) in [6, 6.07) is 1.79. The Labute approximate surface area is 126 Å². The van der Waals surface area contributed by atoms with Crippen LogP contribution in [0.4, 0.5) is 0 Å². The van der Waals surface area contributed by atoms with E-state index in [1.54, 1.807) is 27.4 Å². The third-order valence-electron chi connectivity index (χ3n) is 4.39. The van der Waals surface area contributed by atoms with Gasteiger partial charge in [0.15, 0.2) is 17.3 Å². The van der Waals surface area contributed by atoms with Gasteiger partial charge < -0.3 is 14.2 Å². The fraction of sp³-hybridized carbons (Fsp3) is 0.588. The van der Waals surface area contributed by atoms with Crippen molar-refractivity contribution in [2.45, 2.75) is 39.0 Å². The smallest absolute Gasteiger partial charge is 0.203 e. The minimum absolute atomic E-state index is 0.0164. The average molecular weight is 292 g/mol. The van der Waals surface area contributed by atoms with E-state index < -0.39 is 0 Å². The van der Waals surface area contributed by atoms with Gasteiger partial charge in [-0.3, -0.25) is 4.79 Å². The molecule has 0 saturated carbocycles. The van der Waals surface area contributed by atoms with Crippen LogP contribution in [0.25, 0.3) is 0 Å². The average Bonchev–Trinajstić information content (AvgIpc) is 2.75. The molecule has 21 heavy (non-hydrogen) atoms. The summed E-state index contributed by atoms with van der Waals surface area (Å²) in [6.07, 6.45) is 3.20. The van der Waals surface area contributed by atoms with Crippen LogP contribution in [0.5, 0.6) is 17.2 Å². The minimum Gasteiger partial charge on any atom is -0.493 e. The zero-order valence-corrected chi connectivity index (χ0v) is 13.5. The van der Waals surface area contributed by atoms with Crippen LogP contribution < -0.4 is 14.2 Å². The summed E-state index contributed by atoms with van der Waals surface area (Å²) < 4.78 is 16.4. The zero-order valence-electron chi connectivity index (χ0n) is 13.5. The van der Waals surface area contributed by atoms with E-state index in [9.17, 15) is 4.79 Å². The van der Waals surface area contributed by atoms with E-state index in [-0.39, 0.29) is 17.6 Å². The number of benzene rings is 1. The molecule has 0 saturated heterocycles. The normalized spacial score (nSPS) is 20.3. The van der Waals surface area contributed by atoms with Crippen LogP contribution in [0.15, 0.2) is 6.07 Å². The molecule has 0 aliphatic heterocycles. The van der Waals surface area contributed by atoms with Crippen molar-refractivity contribution in [2.75, 3.05) is 21.3 Å². The van der Waals surface area contributed by atoms with Crippen molar-refractivity contribution < 1.29 is 19.0 Å². The Balaban J connectivity index is 2.62. The number of hydrogen-bond donors (Lipinski definition) is 0. The van der Waals surface area contributed by atoms with Gasteiger partial charge in [0.05, 0.1) is 21.3 Å². The van der Waals surface area contributed by atoms with Crippen LogP contribution in [0, 0.1) is 5.92 Å². The summed E-state index contributed by atoms with van der Waals surface area (Å²) in [4.78, 5) is 12.6. The first kappa shape index (κ1) is 15.7. The van der Waals surface area contributed by atoms with Crippen molar-refractivity contribution in [2.24, 2.45) is 5.92 Å². The summed E-state index contributed by atoms with van der Waals surface area (Å²) in [7, 11) is 4.77. The number of ether oxygens (including phenoxy) is 3. The highest BCUT2D eigenvalue weighted by molar-refractivity contribution is 6.04. The van der Waals surface area contributed by atoms with Crippen LogP contribution in [-0.2, 0) is 0 Å². The Morgan fingerprint density at radius 3 is 2.29 bits per heavy atom. The number of carbonyl (C=O) groups is 1. The molecule has 1 aliphatic rings. The molecule has 1 aromatic rings. The van der Waals surface area contributed by atoms with Gasteiger partial charge in [0.1, 0.15) is 0 Å². The number of hydrogen-bond acceptors (Lipinski definition) is 4. The first-order valence-electron chi connectivity index (χ1n) is 7.47. The number of Topliss-reactive ketones (excluding diaryl/α,β-unsaturated/α-hetero) is 1. The lowest BCUT2D eigenvalue weighted by atomic mass is 9.88. The minimum atomic E-state index is -0.0164. The second-order valence-corrected chi connectivity index (χ2v) is 5.51. The molecule has 0 bridgehead atoms. The molecule has 0 spiro atoms. The van der Waals surface area contributed by atoms with Gasteiger partial charge in [-0.05, 0) is 18.4 Å². The highest BCUT2D eigenvalue weighted by Gasteiger charge is 2.40. The van der Waals surface area contributed by atoms with Gasteiger partial charge in [0, 0.05) is 17.0 Å². The summed E-state index contributed by atoms with van der Waals surface area (Å²) in [5.41, 5.74) is 1.71. The largest absolute Gasteiger partial charge is 0.493 e. The van der Waals surface area contributed by atoms with Crippen LogP contribution in [-0.4, -0.2) is 27.1 Å². The molecule has 0 heterocycles. The predicted octanol–water partition coefficient (Wildman–Crippen LogP) is 3.82. The highest BCUT2D eigenvalue weighted by Crippen LogP contribution is 2.52. The molecule has 1 aromatic carbocycles.